The van der Waals surface area contributed by atoms with Crippen molar-refractivity contribution in [2.45, 2.75) is 32.9 Å². The summed E-state index contributed by atoms with van der Waals surface area (Å²) in [5.41, 5.74) is 6.98. The number of halogens is 1. The Bertz CT molecular complexity index is 608. The van der Waals surface area contributed by atoms with Crippen LogP contribution in [0.4, 0.5) is 4.39 Å². The van der Waals surface area contributed by atoms with E-state index in [2.05, 4.69) is 11.8 Å². The number of nitrogens with zero attached hydrogens (tertiary/aromatic N) is 1. The van der Waals surface area contributed by atoms with Crippen LogP contribution in [0.25, 0.3) is 10.1 Å². The van der Waals surface area contributed by atoms with Gasteiger partial charge in [0.1, 0.15) is 5.82 Å². The van der Waals surface area contributed by atoms with Crippen molar-refractivity contribution in [3.05, 3.63) is 34.5 Å². The molecule has 20 heavy (non-hydrogen) atoms. The first-order valence-corrected chi connectivity index (χ1v) is 8.15. The van der Waals surface area contributed by atoms with Gasteiger partial charge in [0.2, 0.25) is 0 Å². The van der Waals surface area contributed by atoms with Crippen molar-refractivity contribution >= 4 is 21.4 Å². The van der Waals surface area contributed by atoms with Gasteiger partial charge in [-0.15, -0.1) is 11.3 Å². The van der Waals surface area contributed by atoms with Crippen molar-refractivity contribution in [2.75, 3.05) is 13.1 Å². The second-order valence-corrected chi connectivity index (χ2v) is 6.76. The normalized spacial score (nSPS) is 20.1. The summed E-state index contributed by atoms with van der Waals surface area (Å²) in [6.45, 7) is 5.84. The molecule has 1 saturated heterocycles. The van der Waals surface area contributed by atoms with E-state index < -0.39 is 0 Å². The summed E-state index contributed by atoms with van der Waals surface area (Å²) in [7, 11) is 0. The fourth-order valence-electron chi connectivity index (χ4n) is 3.16. The van der Waals surface area contributed by atoms with Crippen LogP contribution in [0, 0.1) is 11.7 Å². The zero-order valence-corrected chi connectivity index (χ0v) is 12.7. The number of nitrogens with two attached hydrogens (primary N) is 1. The Kier molecular flexibility index (Phi) is 4.06. The standard InChI is InChI=1S/C16H21FN2S/c1-2-11-6-7-19(9-11)10-12-15(8-18)20-14-5-3-4-13(17)16(12)14/h3-5,11H,2,6-10,18H2,1H3. The van der Waals surface area contributed by atoms with Gasteiger partial charge in [-0.25, -0.2) is 4.39 Å². The maximum atomic E-state index is 14.2. The van der Waals surface area contributed by atoms with Crippen molar-refractivity contribution in [1.29, 1.82) is 0 Å². The predicted octanol–water partition coefficient (Wildman–Crippen LogP) is 3.73. The molecule has 1 aromatic heterocycles. The summed E-state index contributed by atoms with van der Waals surface area (Å²) < 4.78 is 15.2. The first-order valence-electron chi connectivity index (χ1n) is 7.34. The van der Waals surface area contributed by atoms with Crippen LogP contribution in [-0.4, -0.2) is 18.0 Å². The van der Waals surface area contributed by atoms with E-state index in [0.717, 1.165) is 46.1 Å². The monoisotopic (exact) mass is 292 g/mol. The number of benzene rings is 1. The second-order valence-electron chi connectivity index (χ2n) is 5.62. The highest BCUT2D eigenvalue weighted by Crippen LogP contribution is 2.35. The lowest BCUT2D eigenvalue weighted by Crippen LogP contribution is -2.20. The van der Waals surface area contributed by atoms with Gasteiger partial charge in [0.05, 0.1) is 0 Å². The molecule has 2 aromatic rings. The van der Waals surface area contributed by atoms with Gasteiger partial charge in [0.15, 0.2) is 0 Å². The Morgan fingerprint density at radius 3 is 3.00 bits per heavy atom. The molecule has 1 unspecified atom stereocenters. The quantitative estimate of drug-likeness (QED) is 0.930. The summed E-state index contributed by atoms with van der Waals surface area (Å²) in [4.78, 5) is 3.58. The van der Waals surface area contributed by atoms with Crippen LogP contribution in [0.1, 0.15) is 30.2 Å². The minimum absolute atomic E-state index is 0.111. The minimum atomic E-state index is -0.111. The van der Waals surface area contributed by atoms with Gasteiger partial charge in [-0.1, -0.05) is 19.4 Å². The van der Waals surface area contributed by atoms with Crippen molar-refractivity contribution in [1.82, 2.24) is 4.90 Å². The van der Waals surface area contributed by atoms with E-state index in [1.807, 2.05) is 6.07 Å². The SMILES string of the molecule is CCC1CCN(Cc2c(CN)sc3cccc(F)c23)C1. The average Bonchev–Trinajstić information content (AvgIpc) is 3.04. The first-order chi connectivity index (χ1) is 9.72. The van der Waals surface area contributed by atoms with E-state index in [-0.39, 0.29) is 5.82 Å². The molecule has 0 spiro atoms. The molecule has 4 heteroatoms. The topological polar surface area (TPSA) is 29.3 Å². The molecule has 1 aromatic carbocycles. The number of hydrogen-bond donors (Lipinski definition) is 1. The molecule has 1 fully saturated rings. The number of fused-ring (bicyclic) bond motifs is 1. The molecular weight excluding hydrogens is 271 g/mol. The Labute approximate surface area is 123 Å². The Morgan fingerprint density at radius 1 is 1.45 bits per heavy atom. The second kappa shape index (κ2) is 5.80. The van der Waals surface area contributed by atoms with Crippen LogP contribution >= 0.6 is 11.3 Å². The average molecular weight is 292 g/mol. The van der Waals surface area contributed by atoms with E-state index >= 15 is 0 Å². The van der Waals surface area contributed by atoms with Crippen LogP contribution in [0.15, 0.2) is 18.2 Å². The highest BCUT2D eigenvalue weighted by atomic mass is 32.1. The summed E-state index contributed by atoms with van der Waals surface area (Å²) >= 11 is 1.64. The molecule has 0 amide bonds. The van der Waals surface area contributed by atoms with Gasteiger partial charge in [-0.2, -0.15) is 0 Å². The molecule has 3 rings (SSSR count). The molecule has 0 radical (unpaired) electrons. The van der Waals surface area contributed by atoms with Gasteiger partial charge in [0, 0.05) is 34.6 Å². The molecule has 1 atom stereocenters. The van der Waals surface area contributed by atoms with Crippen molar-refractivity contribution < 1.29 is 4.39 Å². The maximum Gasteiger partial charge on any atom is 0.132 e. The highest BCUT2D eigenvalue weighted by molar-refractivity contribution is 7.19. The largest absolute Gasteiger partial charge is 0.326 e. The van der Waals surface area contributed by atoms with Crippen LogP contribution in [0.5, 0.6) is 0 Å². The number of likely N-dealkylation sites (tertiary alicyclic amines) is 1. The molecule has 108 valence electrons. The van der Waals surface area contributed by atoms with Gasteiger partial charge in [0.25, 0.3) is 0 Å². The molecule has 2 heterocycles. The fraction of sp³-hybridized carbons (Fsp3) is 0.500. The van der Waals surface area contributed by atoms with Crippen LogP contribution in [0.2, 0.25) is 0 Å². The van der Waals surface area contributed by atoms with Gasteiger partial charge in [-0.3, -0.25) is 4.90 Å². The molecule has 1 aliphatic rings. The van der Waals surface area contributed by atoms with E-state index in [9.17, 15) is 4.39 Å². The molecule has 0 bridgehead atoms. The van der Waals surface area contributed by atoms with Crippen LogP contribution in [0.3, 0.4) is 0 Å². The van der Waals surface area contributed by atoms with Gasteiger partial charge in [-0.05, 0) is 36.6 Å². The highest BCUT2D eigenvalue weighted by Gasteiger charge is 2.23. The third-order valence-corrected chi connectivity index (χ3v) is 5.58. The van der Waals surface area contributed by atoms with Gasteiger partial charge >= 0.3 is 0 Å². The summed E-state index contributed by atoms with van der Waals surface area (Å²) in [5, 5.41) is 0.790. The molecule has 2 nitrogen and oxygen atoms in total. The number of thiophene rings is 1. The zero-order valence-electron chi connectivity index (χ0n) is 11.9. The Hall–Kier alpha value is -0.970. The maximum absolute atomic E-state index is 14.2. The summed E-state index contributed by atoms with van der Waals surface area (Å²) in [5.74, 6) is 0.686. The van der Waals surface area contributed by atoms with E-state index in [0.29, 0.717) is 6.54 Å². The van der Waals surface area contributed by atoms with Crippen molar-refractivity contribution in [3.8, 4) is 0 Å². The fourth-order valence-corrected chi connectivity index (χ4v) is 4.27. The molecular formula is C16H21FN2S. The van der Waals surface area contributed by atoms with Crippen LogP contribution < -0.4 is 5.73 Å². The molecule has 0 aliphatic carbocycles. The predicted molar refractivity (Wildman–Crippen MR) is 83.3 cm³/mol. The lowest BCUT2D eigenvalue weighted by molar-refractivity contribution is 0.315. The summed E-state index contributed by atoms with van der Waals surface area (Å²) in [6, 6.07) is 5.32. The number of rotatable bonds is 4. The van der Waals surface area contributed by atoms with E-state index in [1.54, 1.807) is 23.5 Å². The molecule has 1 aliphatic heterocycles. The third kappa shape index (κ3) is 2.48. The minimum Gasteiger partial charge on any atom is -0.326 e. The van der Waals surface area contributed by atoms with E-state index in [4.69, 9.17) is 5.73 Å². The zero-order chi connectivity index (χ0) is 14.1. The molecule has 0 saturated carbocycles. The number of hydrogen-bond acceptors (Lipinski definition) is 3. The first kappa shape index (κ1) is 14.0. The smallest absolute Gasteiger partial charge is 0.132 e. The Balaban J connectivity index is 1.94. The third-order valence-electron chi connectivity index (χ3n) is 4.36. The van der Waals surface area contributed by atoms with Crippen molar-refractivity contribution in [3.63, 3.8) is 0 Å². The van der Waals surface area contributed by atoms with E-state index in [1.165, 1.54) is 12.8 Å². The lowest BCUT2D eigenvalue weighted by atomic mass is 10.1. The van der Waals surface area contributed by atoms with Gasteiger partial charge < -0.3 is 5.73 Å². The lowest BCUT2D eigenvalue weighted by Gasteiger charge is -2.16. The van der Waals surface area contributed by atoms with Crippen molar-refractivity contribution in [2.24, 2.45) is 11.7 Å². The molecule has 2 N–H and O–H groups in total. The van der Waals surface area contributed by atoms with Crippen LogP contribution in [-0.2, 0) is 13.1 Å². The Morgan fingerprint density at radius 2 is 2.30 bits per heavy atom. The summed E-state index contributed by atoms with van der Waals surface area (Å²) in [6.07, 6.45) is 2.50.